The summed E-state index contributed by atoms with van der Waals surface area (Å²) in [5, 5.41) is 16.9. The molecule has 1 aliphatic heterocycles. The van der Waals surface area contributed by atoms with Crippen LogP contribution < -0.4 is 16.3 Å². The van der Waals surface area contributed by atoms with Gasteiger partial charge in [0.2, 0.25) is 5.95 Å². The second-order valence-corrected chi connectivity index (χ2v) is 6.40. The molecule has 0 saturated carbocycles. The summed E-state index contributed by atoms with van der Waals surface area (Å²) >= 11 is 0. The second-order valence-electron chi connectivity index (χ2n) is 6.40. The number of nitriles is 1. The van der Waals surface area contributed by atoms with Crippen LogP contribution in [-0.4, -0.2) is 22.7 Å². The van der Waals surface area contributed by atoms with Gasteiger partial charge in [-0.25, -0.2) is 10.4 Å². The lowest BCUT2D eigenvalue weighted by molar-refractivity contribution is 0.830. The Bertz CT molecular complexity index is 1130. The maximum absolute atomic E-state index is 12.3. The van der Waals surface area contributed by atoms with E-state index in [1.54, 1.807) is 18.3 Å². The van der Waals surface area contributed by atoms with Crippen molar-refractivity contribution in [2.45, 2.75) is 12.8 Å². The number of para-hydroxylation sites is 1. The Morgan fingerprint density at radius 1 is 1.18 bits per heavy atom. The number of hydrogen-bond acceptors (Lipinski definition) is 6. The van der Waals surface area contributed by atoms with Gasteiger partial charge in [0, 0.05) is 23.4 Å². The molecule has 3 N–H and O–H groups in total. The summed E-state index contributed by atoms with van der Waals surface area (Å²) in [6, 6.07) is 17.1. The van der Waals surface area contributed by atoms with Crippen LogP contribution in [0.15, 0.2) is 58.4 Å². The van der Waals surface area contributed by atoms with E-state index in [4.69, 9.17) is 0 Å². The summed E-state index contributed by atoms with van der Waals surface area (Å²) in [5.74, 6) is 0.178. The van der Waals surface area contributed by atoms with E-state index in [2.05, 4.69) is 31.9 Å². The highest BCUT2D eigenvalue weighted by atomic mass is 16.1. The molecule has 4 rings (SSSR count). The monoisotopic (exact) mass is 370 g/mol. The normalized spacial score (nSPS) is 12.8. The Morgan fingerprint density at radius 2 is 2.04 bits per heavy atom. The Kier molecular flexibility index (Phi) is 4.85. The average Bonchev–Trinajstić information content (AvgIpc) is 2.74. The highest BCUT2D eigenvalue weighted by Crippen LogP contribution is 2.25. The van der Waals surface area contributed by atoms with E-state index in [0.29, 0.717) is 11.3 Å². The molecule has 7 heteroatoms. The third-order valence-corrected chi connectivity index (χ3v) is 4.56. The molecule has 0 spiro atoms. The second kappa shape index (κ2) is 7.76. The van der Waals surface area contributed by atoms with Crippen LogP contribution in [0.5, 0.6) is 0 Å². The van der Waals surface area contributed by atoms with Crippen LogP contribution in [0.4, 0.5) is 11.6 Å². The minimum atomic E-state index is -0.507. The van der Waals surface area contributed by atoms with Crippen molar-refractivity contribution in [3.05, 3.63) is 75.6 Å². The summed E-state index contributed by atoms with van der Waals surface area (Å²) in [6.07, 6.45) is 3.85. The van der Waals surface area contributed by atoms with Crippen molar-refractivity contribution in [1.29, 1.82) is 5.26 Å². The summed E-state index contributed by atoms with van der Waals surface area (Å²) in [7, 11) is 0. The predicted molar refractivity (Wildman–Crippen MR) is 109 cm³/mol. The molecule has 138 valence electrons. The number of aromatic nitrogens is 2. The largest absolute Gasteiger partial charge is 0.384 e. The van der Waals surface area contributed by atoms with Gasteiger partial charge in [0.05, 0.1) is 11.9 Å². The maximum atomic E-state index is 12.3. The van der Waals surface area contributed by atoms with Gasteiger partial charge < -0.3 is 5.32 Å². The quantitative estimate of drug-likeness (QED) is 0.483. The van der Waals surface area contributed by atoms with Crippen molar-refractivity contribution >= 4 is 17.9 Å². The molecule has 28 heavy (non-hydrogen) atoms. The van der Waals surface area contributed by atoms with Crippen molar-refractivity contribution in [1.82, 2.24) is 9.97 Å². The summed E-state index contributed by atoms with van der Waals surface area (Å²) < 4.78 is 0. The lowest BCUT2D eigenvalue weighted by Gasteiger charge is -2.19. The zero-order valence-electron chi connectivity index (χ0n) is 15.1. The molecule has 7 nitrogen and oxygen atoms in total. The summed E-state index contributed by atoms with van der Waals surface area (Å²) in [6.45, 7) is 0.941. The molecule has 1 aliphatic rings. The molecule has 1 aromatic heterocycles. The molecule has 0 fully saturated rings. The van der Waals surface area contributed by atoms with Gasteiger partial charge in [-0.05, 0) is 18.4 Å². The van der Waals surface area contributed by atoms with E-state index >= 15 is 0 Å². The molecular weight excluding hydrogens is 352 g/mol. The van der Waals surface area contributed by atoms with Crippen molar-refractivity contribution < 1.29 is 0 Å². The standard InChI is InChI=1S/C21H18N6O/c22-12-17-19(15-6-2-1-3-7-15)25-21(26-20(17)28)27-24-13-16-9-4-8-14-10-5-11-23-18(14)16/h1-4,6-9,13,23H,5,10-11H2,(H2,25,26,27,28). The van der Waals surface area contributed by atoms with E-state index in [-0.39, 0.29) is 11.5 Å². The van der Waals surface area contributed by atoms with Gasteiger partial charge in [-0.1, -0.05) is 48.5 Å². The number of nitrogens with one attached hydrogen (secondary N) is 3. The topological polar surface area (TPSA) is 106 Å². The maximum Gasteiger partial charge on any atom is 0.270 e. The first-order valence-corrected chi connectivity index (χ1v) is 9.01. The van der Waals surface area contributed by atoms with Crippen LogP contribution in [0.2, 0.25) is 0 Å². The molecular formula is C21H18N6O. The molecule has 0 unspecified atom stereocenters. The van der Waals surface area contributed by atoms with Gasteiger partial charge in [-0.2, -0.15) is 10.4 Å². The smallest absolute Gasteiger partial charge is 0.270 e. The SMILES string of the molecule is N#Cc1c(-c2ccccc2)nc(NN=Cc2cccc3c2NCCC3)[nH]c1=O. The van der Waals surface area contributed by atoms with E-state index < -0.39 is 5.56 Å². The molecule has 0 radical (unpaired) electrons. The van der Waals surface area contributed by atoms with Crippen molar-refractivity contribution in [3.63, 3.8) is 0 Å². The number of fused-ring (bicyclic) bond motifs is 1. The predicted octanol–water partition coefficient (Wildman–Crippen LogP) is 3.11. The zero-order valence-corrected chi connectivity index (χ0v) is 15.1. The summed E-state index contributed by atoms with van der Waals surface area (Å²) in [5.41, 5.74) is 6.57. The molecule has 0 saturated heterocycles. The molecule has 0 bridgehead atoms. The van der Waals surface area contributed by atoms with Crippen LogP contribution in [0.25, 0.3) is 11.3 Å². The Labute approximate surface area is 161 Å². The molecule has 2 aromatic carbocycles. The summed E-state index contributed by atoms with van der Waals surface area (Å²) in [4.78, 5) is 19.2. The Morgan fingerprint density at radius 3 is 2.86 bits per heavy atom. The number of hydrazone groups is 1. The number of H-pyrrole nitrogens is 1. The number of hydrogen-bond donors (Lipinski definition) is 3. The van der Waals surface area contributed by atoms with Gasteiger partial charge in [-0.15, -0.1) is 0 Å². The van der Waals surface area contributed by atoms with E-state index in [9.17, 15) is 10.1 Å². The first-order chi connectivity index (χ1) is 13.8. The minimum absolute atomic E-state index is 0.0259. The Balaban J connectivity index is 1.63. The minimum Gasteiger partial charge on any atom is -0.384 e. The van der Waals surface area contributed by atoms with Crippen molar-refractivity contribution in [3.8, 4) is 17.3 Å². The third-order valence-electron chi connectivity index (χ3n) is 4.56. The highest BCUT2D eigenvalue weighted by molar-refractivity contribution is 5.89. The lowest BCUT2D eigenvalue weighted by atomic mass is 10.00. The first kappa shape index (κ1) is 17.5. The Hall–Kier alpha value is -3.92. The number of rotatable bonds is 4. The van der Waals surface area contributed by atoms with Crippen LogP contribution in [0.1, 0.15) is 23.1 Å². The fourth-order valence-electron chi connectivity index (χ4n) is 3.24. The molecule has 0 aliphatic carbocycles. The number of nitrogens with zero attached hydrogens (tertiary/aromatic N) is 3. The number of aryl methyl sites for hydroxylation is 1. The van der Waals surface area contributed by atoms with Crippen LogP contribution >= 0.6 is 0 Å². The van der Waals surface area contributed by atoms with E-state index in [1.165, 1.54) is 5.56 Å². The van der Waals surface area contributed by atoms with E-state index in [0.717, 1.165) is 30.6 Å². The van der Waals surface area contributed by atoms with Gasteiger partial charge in [-0.3, -0.25) is 9.78 Å². The zero-order chi connectivity index (χ0) is 19.3. The van der Waals surface area contributed by atoms with Crippen LogP contribution in [0, 0.1) is 11.3 Å². The molecule has 2 heterocycles. The van der Waals surface area contributed by atoms with Crippen LogP contribution in [0.3, 0.4) is 0 Å². The third kappa shape index (κ3) is 3.48. The van der Waals surface area contributed by atoms with Gasteiger partial charge in [0.15, 0.2) is 0 Å². The van der Waals surface area contributed by atoms with Gasteiger partial charge in [0.1, 0.15) is 11.6 Å². The van der Waals surface area contributed by atoms with Gasteiger partial charge >= 0.3 is 0 Å². The molecule has 3 aromatic rings. The van der Waals surface area contributed by atoms with Crippen LogP contribution in [-0.2, 0) is 6.42 Å². The number of anilines is 2. The number of benzene rings is 2. The number of aromatic amines is 1. The average molecular weight is 370 g/mol. The van der Waals surface area contributed by atoms with E-state index in [1.807, 2.05) is 36.4 Å². The lowest BCUT2D eigenvalue weighted by Crippen LogP contribution is -2.16. The van der Waals surface area contributed by atoms with Gasteiger partial charge in [0.25, 0.3) is 5.56 Å². The fourth-order valence-corrected chi connectivity index (χ4v) is 3.24. The molecule has 0 amide bonds. The van der Waals surface area contributed by atoms with Crippen molar-refractivity contribution in [2.24, 2.45) is 5.10 Å². The fraction of sp³-hybridized carbons (Fsp3) is 0.143. The molecule has 0 atom stereocenters. The first-order valence-electron chi connectivity index (χ1n) is 9.01. The van der Waals surface area contributed by atoms with Crippen molar-refractivity contribution in [2.75, 3.05) is 17.3 Å². The highest BCUT2D eigenvalue weighted by Gasteiger charge is 2.13.